The molecular weight excluding hydrogens is 274 g/mol. The molecule has 0 fully saturated rings. The maximum atomic E-state index is 6.25. The smallest absolute Gasteiger partial charge is 0.127 e. The van der Waals surface area contributed by atoms with Gasteiger partial charge < -0.3 is 14.5 Å². The van der Waals surface area contributed by atoms with Crippen LogP contribution >= 0.6 is 11.6 Å². The Kier molecular flexibility index (Phi) is 3.72. The Morgan fingerprint density at radius 1 is 1.35 bits per heavy atom. The van der Waals surface area contributed by atoms with Crippen LogP contribution in [0.15, 0.2) is 28.7 Å². The fourth-order valence-electron chi connectivity index (χ4n) is 2.69. The predicted octanol–water partition coefficient (Wildman–Crippen LogP) is 3.88. The van der Waals surface area contributed by atoms with E-state index in [0.717, 1.165) is 47.4 Å². The summed E-state index contributed by atoms with van der Waals surface area (Å²) in [6, 6.07) is 7.91. The summed E-state index contributed by atoms with van der Waals surface area (Å²) in [4.78, 5) is 0. The van der Waals surface area contributed by atoms with E-state index in [1.807, 2.05) is 31.2 Å². The molecule has 3 nitrogen and oxygen atoms in total. The van der Waals surface area contributed by atoms with Gasteiger partial charge in [0.05, 0.1) is 12.6 Å². The van der Waals surface area contributed by atoms with Crippen molar-refractivity contribution in [2.24, 2.45) is 0 Å². The van der Waals surface area contributed by atoms with Crippen LogP contribution in [0.25, 0.3) is 0 Å². The van der Waals surface area contributed by atoms with Gasteiger partial charge in [0.25, 0.3) is 0 Å². The van der Waals surface area contributed by atoms with Gasteiger partial charge in [-0.3, -0.25) is 0 Å². The number of halogens is 1. The van der Waals surface area contributed by atoms with E-state index < -0.39 is 0 Å². The molecule has 106 valence electrons. The molecule has 1 aliphatic rings. The maximum absolute atomic E-state index is 6.25. The molecule has 0 aliphatic carbocycles. The zero-order chi connectivity index (χ0) is 14.1. The second-order valence-corrected chi connectivity index (χ2v) is 5.46. The van der Waals surface area contributed by atoms with E-state index >= 15 is 0 Å². The fourth-order valence-corrected chi connectivity index (χ4v) is 2.94. The lowest BCUT2D eigenvalue weighted by Crippen LogP contribution is -2.22. The second kappa shape index (κ2) is 5.51. The first-order valence-corrected chi connectivity index (χ1v) is 7.31. The van der Waals surface area contributed by atoms with Crippen LogP contribution < -0.4 is 10.1 Å². The molecule has 1 aliphatic heterocycles. The molecule has 0 spiro atoms. The van der Waals surface area contributed by atoms with E-state index in [-0.39, 0.29) is 6.04 Å². The molecule has 1 unspecified atom stereocenters. The van der Waals surface area contributed by atoms with Gasteiger partial charge in [-0.2, -0.15) is 0 Å². The Balaban J connectivity index is 2.08. The van der Waals surface area contributed by atoms with Crippen LogP contribution in [0.3, 0.4) is 0 Å². The molecule has 4 heteroatoms. The maximum Gasteiger partial charge on any atom is 0.127 e. The first-order valence-electron chi connectivity index (χ1n) is 6.94. The van der Waals surface area contributed by atoms with E-state index in [4.69, 9.17) is 20.8 Å². The topological polar surface area (TPSA) is 34.4 Å². The van der Waals surface area contributed by atoms with Crippen LogP contribution in [0.5, 0.6) is 5.75 Å². The zero-order valence-electron chi connectivity index (χ0n) is 11.7. The number of hydrogen-bond donors (Lipinski definition) is 1. The third-order valence-electron chi connectivity index (χ3n) is 3.54. The van der Waals surface area contributed by atoms with Crippen LogP contribution in [0.2, 0.25) is 5.02 Å². The highest BCUT2D eigenvalue weighted by atomic mass is 35.5. The van der Waals surface area contributed by atoms with Crippen LogP contribution in [0, 0.1) is 6.92 Å². The molecule has 0 radical (unpaired) electrons. The van der Waals surface area contributed by atoms with Gasteiger partial charge in [-0.1, -0.05) is 18.5 Å². The van der Waals surface area contributed by atoms with Gasteiger partial charge in [-0.25, -0.2) is 0 Å². The van der Waals surface area contributed by atoms with Crippen LogP contribution in [0.4, 0.5) is 0 Å². The molecule has 0 saturated carbocycles. The van der Waals surface area contributed by atoms with E-state index in [2.05, 4.69) is 12.2 Å². The fraction of sp³-hybridized carbons (Fsp3) is 0.375. The Morgan fingerprint density at radius 2 is 2.20 bits per heavy atom. The van der Waals surface area contributed by atoms with Gasteiger partial charge >= 0.3 is 0 Å². The van der Waals surface area contributed by atoms with Crippen LogP contribution in [0.1, 0.15) is 35.6 Å². The summed E-state index contributed by atoms with van der Waals surface area (Å²) in [6.07, 6.45) is 0.916. The van der Waals surface area contributed by atoms with E-state index in [1.54, 1.807) is 0 Å². The summed E-state index contributed by atoms with van der Waals surface area (Å²) in [7, 11) is 0. The average molecular weight is 292 g/mol. The van der Waals surface area contributed by atoms with Gasteiger partial charge in [0.15, 0.2) is 0 Å². The Morgan fingerprint density at radius 3 is 2.90 bits per heavy atom. The zero-order valence-corrected chi connectivity index (χ0v) is 12.5. The van der Waals surface area contributed by atoms with Crippen molar-refractivity contribution in [2.75, 3.05) is 13.2 Å². The molecule has 2 heterocycles. The van der Waals surface area contributed by atoms with Crippen molar-refractivity contribution in [1.29, 1.82) is 0 Å². The highest BCUT2D eigenvalue weighted by Gasteiger charge is 2.25. The predicted molar refractivity (Wildman–Crippen MR) is 79.6 cm³/mol. The summed E-state index contributed by atoms with van der Waals surface area (Å²) in [6.45, 7) is 5.59. The third kappa shape index (κ3) is 2.43. The van der Waals surface area contributed by atoms with Crippen LogP contribution in [-0.4, -0.2) is 13.2 Å². The summed E-state index contributed by atoms with van der Waals surface area (Å²) in [5.41, 5.74) is 2.24. The Labute approximate surface area is 123 Å². The van der Waals surface area contributed by atoms with Crippen molar-refractivity contribution in [2.45, 2.75) is 26.3 Å². The highest BCUT2D eigenvalue weighted by molar-refractivity contribution is 6.30. The van der Waals surface area contributed by atoms with Gasteiger partial charge in [-0.15, -0.1) is 0 Å². The number of aryl methyl sites for hydroxylation is 1. The van der Waals surface area contributed by atoms with Gasteiger partial charge in [0.2, 0.25) is 0 Å². The number of ether oxygens (including phenoxy) is 1. The Hall–Kier alpha value is -1.45. The molecule has 1 aromatic carbocycles. The molecule has 0 amide bonds. The van der Waals surface area contributed by atoms with Crippen molar-refractivity contribution in [3.8, 4) is 5.75 Å². The molecular formula is C16H18ClNO2. The lowest BCUT2D eigenvalue weighted by Gasteiger charge is -2.19. The number of benzene rings is 1. The minimum Gasteiger partial charge on any atom is -0.493 e. The minimum atomic E-state index is -0.0285. The third-order valence-corrected chi connectivity index (χ3v) is 3.76. The lowest BCUT2D eigenvalue weighted by molar-refractivity contribution is 0.346. The molecule has 0 saturated heterocycles. The number of nitrogens with one attached hydrogen (secondary N) is 1. The number of hydrogen-bond acceptors (Lipinski definition) is 3. The first kappa shape index (κ1) is 13.5. The second-order valence-electron chi connectivity index (χ2n) is 5.02. The molecule has 0 bridgehead atoms. The summed E-state index contributed by atoms with van der Waals surface area (Å²) < 4.78 is 11.6. The van der Waals surface area contributed by atoms with Crippen molar-refractivity contribution >= 4 is 11.6 Å². The van der Waals surface area contributed by atoms with Crippen LogP contribution in [-0.2, 0) is 6.42 Å². The molecule has 20 heavy (non-hydrogen) atoms. The van der Waals surface area contributed by atoms with Crippen molar-refractivity contribution in [1.82, 2.24) is 5.32 Å². The average Bonchev–Trinajstić information content (AvgIpc) is 3.03. The molecule has 1 N–H and O–H groups in total. The molecule has 2 aromatic rings. The molecule has 1 atom stereocenters. The van der Waals surface area contributed by atoms with Crippen molar-refractivity contribution in [3.63, 3.8) is 0 Å². The van der Waals surface area contributed by atoms with Gasteiger partial charge in [-0.05, 0) is 43.3 Å². The van der Waals surface area contributed by atoms with Gasteiger partial charge in [0, 0.05) is 17.0 Å². The monoisotopic (exact) mass is 291 g/mol. The highest BCUT2D eigenvalue weighted by Crippen LogP contribution is 2.38. The minimum absolute atomic E-state index is 0.0285. The van der Waals surface area contributed by atoms with Crippen molar-refractivity contribution in [3.05, 3.63) is 51.9 Å². The quantitative estimate of drug-likeness (QED) is 0.928. The number of fused-ring (bicyclic) bond motifs is 1. The Bertz CT molecular complexity index is 621. The number of furan rings is 1. The lowest BCUT2D eigenvalue weighted by atomic mass is 10.00. The normalized spacial score (nSPS) is 14.9. The number of rotatable bonds is 4. The summed E-state index contributed by atoms with van der Waals surface area (Å²) in [5, 5.41) is 4.20. The largest absolute Gasteiger partial charge is 0.493 e. The van der Waals surface area contributed by atoms with E-state index in [0.29, 0.717) is 0 Å². The van der Waals surface area contributed by atoms with Crippen molar-refractivity contribution < 1.29 is 9.15 Å². The first-order chi connectivity index (χ1) is 9.69. The summed E-state index contributed by atoms with van der Waals surface area (Å²) in [5.74, 6) is 2.75. The SMILES string of the molecule is CCNC(c1ccc(C)o1)c1cc(Cl)cc2c1OCC2. The summed E-state index contributed by atoms with van der Waals surface area (Å²) >= 11 is 6.25. The standard InChI is InChI=1S/C16H18ClNO2/c1-3-18-15(14-5-4-10(2)20-14)13-9-12(17)8-11-6-7-19-16(11)13/h4-5,8-9,15,18H,3,6-7H2,1-2H3. The molecule has 3 rings (SSSR count). The van der Waals surface area contributed by atoms with E-state index in [9.17, 15) is 0 Å². The van der Waals surface area contributed by atoms with E-state index in [1.165, 1.54) is 5.56 Å². The molecule has 1 aromatic heterocycles. The van der Waals surface area contributed by atoms with Gasteiger partial charge in [0.1, 0.15) is 17.3 Å².